The molecule has 0 spiro atoms. The minimum Gasteiger partial charge on any atom is -0.428 e. The Morgan fingerprint density at radius 3 is 2.55 bits per heavy atom. The van der Waals surface area contributed by atoms with Crippen molar-refractivity contribution < 1.29 is 14.0 Å². The molecule has 3 rings (SSSR count). The fourth-order valence-electron chi connectivity index (χ4n) is 2.84. The molecule has 0 saturated heterocycles. The maximum atomic E-state index is 13.0. The SMILES string of the molecule is Cc1c(-c2ccc(F)cc2)[n+](=O)c2c(n1O)CCCC2. The van der Waals surface area contributed by atoms with E-state index in [2.05, 4.69) is 0 Å². The second-order valence-electron chi connectivity index (χ2n) is 5.15. The first-order chi connectivity index (χ1) is 9.59. The van der Waals surface area contributed by atoms with Gasteiger partial charge in [-0.3, -0.25) is 0 Å². The number of hydrogen-bond donors (Lipinski definition) is 1. The van der Waals surface area contributed by atoms with Crippen molar-refractivity contribution in [2.75, 3.05) is 0 Å². The van der Waals surface area contributed by atoms with Crippen LogP contribution in [0.5, 0.6) is 0 Å². The summed E-state index contributed by atoms with van der Waals surface area (Å²) in [7, 11) is 0. The van der Waals surface area contributed by atoms with E-state index in [1.165, 1.54) is 12.1 Å². The lowest BCUT2D eigenvalue weighted by molar-refractivity contribution is -0.496. The molecule has 0 atom stereocenters. The van der Waals surface area contributed by atoms with Crippen LogP contribution >= 0.6 is 0 Å². The van der Waals surface area contributed by atoms with Gasteiger partial charge >= 0.3 is 0 Å². The summed E-state index contributed by atoms with van der Waals surface area (Å²) in [5.41, 5.74) is 2.77. The van der Waals surface area contributed by atoms with Crippen LogP contribution in [-0.2, 0) is 12.8 Å². The predicted molar refractivity (Wildman–Crippen MR) is 71.8 cm³/mol. The summed E-state index contributed by atoms with van der Waals surface area (Å²) in [5.74, 6) is -0.348. The number of benzene rings is 1. The smallest absolute Gasteiger partial charge is 0.292 e. The molecule has 1 N–H and O–H groups in total. The van der Waals surface area contributed by atoms with Crippen molar-refractivity contribution in [3.8, 4) is 11.3 Å². The molecule has 20 heavy (non-hydrogen) atoms. The Bertz CT molecular complexity index is 720. The minimum atomic E-state index is -0.348. The molecular weight excluding hydrogens is 259 g/mol. The van der Waals surface area contributed by atoms with Gasteiger partial charge in [-0.05, 0) is 50.5 Å². The minimum absolute atomic E-state index is 0.348. The maximum Gasteiger partial charge on any atom is 0.292 e. The first kappa shape index (κ1) is 12.8. The van der Waals surface area contributed by atoms with Crippen molar-refractivity contribution in [1.29, 1.82) is 0 Å². The molecule has 1 aliphatic carbocycles. The second kappa shape index (κ2) is 4.74. The van der Waals surface area contributed by atoms with E-state index in [1.54, 1.807) is 19.1 Å². The Morgan fingerprint density at radius 2 is 1.85 bits per heavy atom. The van der Waals surface area contributed by atoms with Gasteiger partial charge in [0.2, 0.25) is 0 Å². The Labute approximate surface area is 115 Å². The van der Waals surface area contributed by atoms with Gasteiger partial charge in [-0.25, -0.2) is 4.39 Å². The van der Waals surface area contributed by atoms with Crippen molar-refractivity contribution in [2.24, 2.45) is 0 Å². The predicted octanol–water partition coefficient (Wildman–Crippen LogP) is 2.63. The molecule has 0 bridgehead atoms. The molecule has 4 nitrogen and oxygen atoms in total. The highest BCUT2D eigenvalue weighted by Gasteiger charge is 2.30. The Kier molecular flexibility index (Phi) is 3.04. The lowest BCUT2D eigenvalue weighted by Gasteiger charge is -2.15. The van der Waals surface area contributed by atoms with Crippen LogP contribution in [0.1, 0.15) is 29.9 Å². The van der Waals surface area contributed by atoms with Gasteiger partial charge in [-0.1, -0.05) is 0 Å². The highest BCUT2D eigenvalue weighted by molar-refractivity contribution is 5.58. The Morgan fingerprint density at radius 1 is 1.20 bits per heavy atom. The first-order valence-electron chi connectivity index (χ1n) is 6.74. The van der Waals surface area contributed by atoms with E-state index < -0.39 is 0 Å². The molecule has 0 saturated carbocycles. The number of fused-ring (bicyclic) bond motifs is 1. The summed E-state index contributed by atoms with van der Waals surface area (Å²) in [6.45, 7) is 1.70. The van der Waals surface area contributed by atoms with Crippen LogP contribution in [0.15, 0.2) is 24.3 Å². The molecule has 2 aromatic rings. The van der Waals surface area contributed by atoms with Gasteiger partial charge in [0, 0.05) is 11.3 Å². The van der Waals surface area contributed by atoms with Crippen LogP contribution in [-0.4, -0.2) is 9.94 Å². The quantitative estimate of drug-likeness (QED) is 0.642. The van der Waals surface area contributed by atoms with Crippen LogP contribution < -0.4 is 4.43 Å². The lowest BCUT2D eigenvalue weighted by atomic mass is 9.99. The Balaban J connectivity index is 2.28. The number of aromatic nitrogens is 2. The third-order valence-corrected chi connectivity index (χ3v) is 3.89. The number of halogens is 1. The van der Waals surface area contributed by atoms with Crippen molar-refractivity contribution in [1.82, 2.24) is 4.73 Å². The van der Waals surface area contributed by atoms with E-state index in [0.717, 1.165) is 22.0 Å². The highest BCUT2D eigenvalue weighted by atomic mass is 19.1. The van der Waals surface area contributed by atoms with Gasteiger partial charge < -0.3 is 5.21 Å². The van der Waals surface area contributed by atoms with Crippen LogP contribution in [0.4, 0.5) is 4.39 Å². The summed E-state index contributed by atoms with van der Waals surface area (Å²) >= 11 is 0. The normalized spacial score (nSPS) is 14.1. The van der Waals surface area contributed by atoms with Gasteiger partial charge in [-0.2, -0.15) is 4.73 Å². The third-order valence-electron chi connectivity index (χ3n) is 3.89. The van der Waals surface area contributed by atoms with Gasteiger partial charge in [0.25, 0.3) is 11.4 Å². The average Bonchev–Trinajstić information content (AvgIpc) is 2.47. The van der Waals surface area contributed by atoms with Crippen molar-refractivity contribution >= 4 is 0 Å². The Hall–Kier alpha value is -2.17. The van der Waals surface area contributed by atoms with Crippen molar-refractivity contribution in [3.63, 3.8) is 0 Å². The molecule has 0 radical (unpaired) electrons. The van der Waals surface area contributed by atoms with Gasteiger partial charge in [0.15, 0.2) is 0 Å². The van der Waals surface area contributed by atoms with Crippen LogP contribution in [0, 0.1) is 17.6 Å². The monoisotopic (exact) mass is 275 g/mol. The molecule has 1 aromatic heterocycles. The number of rotatable bonds is 1. The van der Waals surface area contributed by atoms with Crippen molar-refractivity contribution in [3.05, 3.63) is 52.1 Å². The van der Waals surface area contributed by atoms with E-state index >= 15 is 0 Å². The number of nitrogens with zero attached hydrogens (tertiary/aromatic N) is 2. The number of hydrogen-bond acceptors (Lipinski definition) is 2. The van der Waals surface area contributed by atoms with E-state index in [9.17, 15) is 14.5 Å². The molecule has 0 fully saturated rings. The standard InChI is InChI=1S/C15H16FN2O2/c1-10-15(11-6-8-12(16)9-7-11)18(20)14-5-3-2-4-13(14)17(10)19/h6-9,19H,2-5H2,1H3/q+1. The van der Waals surface area contributed by atoms with E-state index in [0.29, 0.717) is 41.2 Å². The molecule has 1 aromatic carbocycles. The summed E-state index contributed by atoms with van der Waals surface area (Å²) in [4.78, 5) is 12.6. The average molecular weight is 275 g/mol. The molecule has 1 aliphatic rings. The summed E-state index contributed by atoms with van der Waals surface area (Å²) in [6, 6.07) is 5.74. The largest absolute Gasteiger partial charge is 0.428 e. The van der Waals surface area contributed by atoms with E-state index in [-0.39, 0.29) is 5.82 Å². The van der Waals surface area contributed by atoms with Crippen molar-refractivity contribution in [2.45, 2.75) is 32.6 Å². The van der Waals surface area contributed by atoms with E-state index in [4.69, 9.17) is 0 Å². The van der Waals surface area contributed by atoms with E-state index in [1.807, 2.05) is 0 Å². The zero-order valence-electron chi connectivity index (χ0n) is 11.3. The van der Waals surface area contributed by atoms with Gasteiger partial charge in [0.05, 0.1) is 9.99 Å². The fraction of sp³-hybridized carbons (Fsp3) is 0.333. The topological polar surface area (TPSA) is 48.1 Å². The molecule has 104 valence electrons. The molecule has 5 heteroatoms. The zero-order chi connectivity index (χ0) is 14.3. The van der Waals surface area contributed by atoms with Gasteiger partial charge in [-0.15, -0.1) is 0 Å². The fourth-order valence-corrected chi connectivity index (χ4v) is 2.84. The third kappa shape index (κ3) is 1.90. The van der Waals surface area contributed by atoms with Gasteiger partial charge in [0.1, 0.15) is 17.2 Å². The molecule has 0 amide bonds. The summed E-state index contributed by atoms with van der Waals surface area (Å²) < 4.78 is 15.0. The first-order valence-corrected chi connectivity index (χ1v) is 6.74. The second-order valence-corrected chi connectivity index (χ2v) is 5.15. The molecule has 0 unspecified atom stereocenters. The highest BCUT2D eigenvalue weighted by Crippen LogP contribution is 2.24. The summed E-state index contributed by atoms with van der Waals surface area (Å²) in [6.07, 6.45) is 3.29. The zero-order valence-corrected chi connectivity index (χ0v) is 11.3. The molecule has 1 heterocycles. The molecule has 0 aliphatic heterocycles. The van der Waals surface area contributed by atoms with Crippen LogP contribution in [0.3, 0.4) is 0 Å². The maximum absolute atomic E-state index is 13.0. The molecular formula is C15H16FN2O2+. The van der Waals surface area contributed by atoms with Crippen LogP contribution in [0.2, 0.25) is 0 Å². The summed E-state index contributed by atoms with van der Waals surface area (Å²) in [5, 5.41) is 10.3. The van der Waals surface area contributed by atoms with Crippen LogP contribution in [0.25, 0.3) is 11.3 Å². The lowest BCUT2D eigenvalue weighted by Crippen LogP contribution is -2.33.